The zero-order chi connectivity index (χ0) is 28.0. The topological polar surface area (TPSA) is 96.8 Å². The summed E-state index contributed by atoms with van der Waals surface area (Å²) in [5, 5.41) is 6.09. The molecular formula is C28H35ClFN5O4. The van der Waals surface area contributed by atoms with Crippen molar-refractivity contribution in [3.8, 4) is 5.75 Å². The molecule has 1 saturated heterocycles. The van der Waals surface area contributed by atoms with Crippen molar-refractivity contribution in [3.05, 3.63) is 64.5 Å². The smallest absolute Gasteiger partial charge is 0.248 e. The summed E-state index contributed by atoms with van der Waals surface area (Å²) in [6.45, 7) is 4.07. The molecule has 0 unspecified atom stereocenters. The lowest BCUT2D eigenvalue weighted by molar-refractivity contribution is -0.112. The molecule has 1 amide bonds. The number of carbonyl (C=O) groups excluding carboxylic acids is 1. The highest BCUT2D eigenvalue weighted by molar-refractivity contribution is 6.31. The molecule has 0 atom stereocenters. The van der Waals surface area contributed by atoms with Gasteiger partial charge in [0.15, 0.2) is 0 Å². The molecule has 0 aliphatic carbocycles. The quantitative estimate of drug-likeness (QED) is 0.170. The predicted octanol–water partition coefficient (Wildman–Crippen LogP) is 4.63. The van der Waals surface area contributed by atoms with Gasteiger partial charge < -0.3 is 29.7 Å². The van der Waals surface area contributed by atoms with E-state index in [0.717, 1.165) is 38.0 Å². The molecule has 0 radical (unpaired) electrons. The van der Waals surface area contributed by atoms with Crippen LogP contribution in [0.5, 0.6) is 5.75 Å². The summed E-state index contributed by atoms with van der Waals surface area (Å²) in [4.78, 5) is 23.7. The Morgan fingerprint density at radius 1 is 1.08 bits per heavy atom. The fourth-order valence-electron chi connectivity index (χ4n) is 3.92. The summed E-state index contributed by atoms with van der Waals surface area (Å²) in [7, 11) is 4.89. The number of nitrogens with one attached hydrogen (secondary N) is 2. The molecule has 1 fully saturated rings. The highest BCUT2D eigenvalue weighted by atomic mass is 35.5. The molecule has 3 rings (SSSR count). The molecule has 11 heteroatoms. The summed E-state index contributed by atoms with van der Waals surface area (Å²) in [6, 6.07) is 9.59. The third-order valence-electron chi connectivity index (χ3n) is 5.99. The van der Waals surface area contributed by atoms with Crippen molar-refractivity contribution in [2.24, 2.45) is 9.98 Å². The maximum Gasteiger partial charge on any atom is 0.248 e. The van der Waals surface area contributed by atoms with Crippen molar-refractivity contribution in [1.82, 2.24) is 4.90 Å². The van der Waals surface area contributed by atoms with E-state index >= 15 is 0 Å². The Morgan fingerprint density at radius 3 is 2.54 bits per heavy atom. The number of nitrogens with zero attached hydrogens (tertiary/aromatic N) is 3. The van der Waals surface area contributed by atoms with Crippen molar-refractivity contribution in [2.45, 2.75) is 12.8 Å². The summed E-state index contributed by atoms with van der Waals surface area (Å²) in [6.07, 6.45) is 4.70. The van der Waals surface area contributed by atoms with E-state index in [-0.39, 0.29) is 10.9 Å². The van der Waals surface area contributed by atoms with Crippen LogP contribution in [-0.4, -0.2) is 83.7 Å². The number of hydrogen-bond donors (Lipinski definition) is 2. The van der Waals surface area contributed by atoms with E-state index in [1.54, 1.807) is 51.6 Å². The lowest BCUT2D eigenvalue weighted by atomic mass is 10.0. The summed E-state index contributed by atoms with van der Waals surface area (Å²) >= 11 is 5.95. The molecule has 1 aliphatic rings. The number of carbonyl (C=O) groups is 1. The van der Waals surface area contributed by atoms with Gasteiger partial charge in [-0.3, -0.25) is 9.79 Å². The minimum absolute atomic E-state index is 0.0177. The number of rotatable bonds is 12. The maximum absolute atomic E-state index is 13.7. The van der Waals surface area contributed by atoms with Crippen LogP contribution in [0.15, 0.2) is 58.0 Å². The second-order valence-electron chi connectivity index (χ2n) is 8.78. The van der Waals surface area contributed by atoms with Crippen molar-refractivity contribution >= 4 is 41.1 Å². The molecule has 1 aliphatic heterocycles. The average molecular weight is 560 g/mol. The second kappa shape index (κ2) is 15.9. The first kappa shape index (κ1) is 30.2. The van der Waals surface area contributed by atoms with E-state index < -0.39 is 5.82 Å². The molecular weight excluding hydrogens is 525 g/mol. The van der Waals surface area contributed by atoms with E-state index in [0.29, 0.717) is 48.3 Å². The number of benzene rings is 2. The van der Waals surface area contributed by atoms with Gasteiger partial charge in [0, 0.05) is 58.2 Å². The lowest BCUT2D eigenvalue weighted by Crippen LogP contribution is -2.33. The Balaban J connectivity index is 1.82. The number of amidine groups is 1. The van der Waals surface area contributed by atoms with Crippen molar-refractivity contribution in [2.75, 3.05) is 71.4 Å². The third-order valence-corrected chi connectivity index (χ3v) is 6.28. The zero-order valence-corrected chi connectivity index (χ0v) is 23.3. The van der Waals surface area contributed by atoms with Gasteiger partial charge in [-0.15, -0.1) is 0 Å². The van der Waals surface area contributed by atoms with Crippen molar-refractivity contribution in [1.29, 1.82) is 0 Å². The van der Waals surface area contributed by atoms with Gasteiger partial charge in [-0.25, -0.2) is 9.38 Å². The van der Waals surface area contributed by atoms with Gasteiger partial charge in [-0.2, -0.15) is 0 Å². The Labute approximate surface area is 233 Å². The van der Waals surface area contributed by atoms with Crippen LogP contribution in [0.4, 0.5) is 15.8 Å². The lowest BCUT2D eigenvalue weighted by Gasteiger charge is -2.27. The van der Waals surface area contributed by atoms with Crippen LogP contribution in [0, 0.1) is 5.82 Å². The normalized spacial score (nSPS) is 14.5. The van der Waals surface area contributed by atoms with E-state index in [2.05, 4.69) is 25.5 Å². The van der Waals surface area contributed by atoms with Gasteiger partial charge in [0.05, 0.1) is 23.9 Å². The van der Waals surface area contributed by atoms with Crippen LogP contribution in [0.3, 0.4) is 0 Å². The van der Waals surface area contributed by atoms with Gasteiger partial charge in [0.1, 0.15) is 30.3 Å². The molecule has 2 N–H and O–H groups in total. The minimum atomic E-state index is -0.520. The first-order chi connectivity index (χ1) is 18.9. The number of piperidine rings is 1. The van der Waals surface area contributed by atoms with Crippen LogP contribution >= 0.6 is 11.6 Å². The Hall–Kier alpha value is -3.31. The molecule has 0 saturated carbocycles. The number of aliphatic imine (C=N–C) groups is 2. The zero-order valence-electron chi connectivity index (χ0n) is 22.5. The third kappa shape index (κ3) is 9.74. The van der Waals surface area contributed by atoms with Gasteiger partial charge in [0.2, 0.25) is 5.91 Å². The van der Waals surface area contributed by atoms with Crippen LogP contribution < -0.4 is 15.4 Å². The standard InChI is InChI=1S/C28H35ClFN5O4/c1-31-19-32-28(33-22-5-6-24(30)23(29)18-22)21-4-7-26(39-15-14-38-3)25(17-21)34-27(36)16-20-8-10-35(11-9-20)12-13-37-2/h4-7,16-19H,8-15H2,1-3H3,(H,34,36)(H,31,32,33). The number of amides is 1. The molecule has 0 spiro atoms. The number of methoxy groups -OCH3 is 2. The first-order valence-electron chi connectivity index (χ1n) is 12.6. The number of hydrogen-bond acceptors (Lipinski definition) is 6. The summed E-state index contributed by atoms with van der Waals surface area (Å²) in [5.74, 6) is 0.151. The molecule has 210 valence electrons. The molecule has 0 bridgehead atoms. The van der Waals surface area contributed by atoms with Crippen molar-refractivity contribution in [3.63, 3.8) is 0 Å². The SMILES string of the molecule is CN=CN=C(Nc1ccc(F)c(Cl)c1)c1ccc(OCCOC)c(NC(=O)C=C2CCN(CCOC)CC2)c1. The van der Waals surface area contributed by atoms with Crippen LogP contribution in [0.2, 0.25) is 5.02 Å². The van der Waals surface area contributed by atoms with Crippen LogP contribution in [0.1, 0.15) is 18.4 Å². The molecule has 2 aromatic rings. The monoisotopic (exact) mass is 559 g/mol. The van der Waals surface area contributed by atoms with E-state index in [1.807, 2.05) is 0 Å². The van der Waals surface area contributed by atoms with Crippen LogP contribution in [-0.2, 0) is 14.3 Å². The number of ether oxygens (including phenoxy) is 3. The minimum Gasteiger partial charge on any atom is -0.489 e. The van der Waals surface area contributed by atoms with Crippen molar-refractivity contribution < 1.29 is 23.4 Å². The molecule has 0 aromatic heterocycles. The number of anilines is 2. The van der Waals surface area contributed by atoms with Gasteiger partial charge in [0.25, 0.3) is 0 Å². The first-order valence-corrected chi connectivity index (χ1v) is 13.0. The number of likely N-dealkylation sites (tertiary alicyclic amines) is 1. The Morgan fingerprint density at radius 2 is 1.85 bits per heavy atom. The van der Waals surface area contributed by atoms with E-state index in [1.165, 1.54) is 18.5 Å². The maximum atomic E-state index is 13.7. The fourth-order valence-corrected chi connectivity index (χ4v) is 4.10. The molecule has 9 nitrogen and oxygen atoms in total. The largest absolute Gasteiger partial charge is 0.489 e. The highest BCUT2D eigenvalue weighted by Gasteiger charge is 2.16. The Bertz CT molecular complexity index is 1190. The molecule has 1 heterocycles. The molecule has 39 heavy (non-hydrogen) atoms. The summed E-state index contributed by atoms with van der Waals surface area (Å²) < 4.78 is 29.8. The highest BCUT2D eigenvalue weighted by Crippen LogP contribution is 2.28. The van der Waals surface area contributed by atoms with Gasteiger partial charge in [-0.1, -0.05) is 17.2 Å². The Kier molecular flexibility index (Phi) is 12.4. The van der Waals surface area contributed by atoms with E-state index in [9.17, 15) is 9.18 Å². The second-order valence-corrected chi connectivity index (χ2v) is 9.19. The van der Waals surface area contributed by atoms with Gasteiger partial charge >= 0.3 is 0 Å². The van der Waals surface area contributed by atoms with E-state index in [4.69, 9.17) is 25.8 Å². The summed E-state index contributed by atoms with van der Waals surface area (Å²) in [5.41, 5.74) is 2.75. The average Bonchev–Trinajstić information content (AvgIpc) is 2.93. The van der Waals surface area contributed by atoms with Crippen LogP contribution in [0.25, 0.3) is 0 Å². The number of halogens is 2. The van der Waals surface area contributed by atoms with Gasteiger partial charge in [-0.05, 0) is 49.2 Å². The fraction of sp³-hybridized carbons (Fsp3) is 0.393. The molecule has 2 aromatic carbocycles. The predicted molar refractivity (Wildman–Crippen MR) is 154 cm³/mol.